The van der Waals surface area contributed by atoms with Crippen molar-refractivity contribution in [3.05, 3.63) is 94.2 Å². The van der Waals surface area contributed by atoms with E-state index in [0.29, 0.717) is 29.2 Å². The van der Waals surface area contributed by atoms with Crippen molar-refractivity contribution < 1.29 is 14.3 Å². The first-order valence-corrected chi connectivity index (χ1v) is 11.6. The molecule has 3 aromatic carbocycles. The lowest BCUT2D eigenvalue weighted by Crippen LogP contribution is -2.32. The van der Waals surface area contributed by atoms with E-state index in [1.165, 1.54) is 4.90 Å². The number of nitrogens with one attached hydrogen (secondary N) is 1. The van der Waals surface area contributed by atoms with Gasteiger partial charge in [-0.15, -0.1) is 0 Å². The molecule has 0 fully saturated rings. The van der Waals surface area contributed by atoms with Crippen LogP contribution in [0.2, 0.25) is 0 Å². The van der Waals surface area contributed by atoms with E-state index in [1.807, 2.05) is 77.1 Å². The zero-order valence-electron chi connectivity index (χ0n) is 20.4. The summed E-state index contributed by atoms with van der Waals surface area (Å²) in [5.74, 6) is -0.253. The molecule has 34 heavy (non-hydrogen) atoms. The summed E-state index contributed by atoms with van der Waals surface area (Å²) in [7, 11) is 0. The lowest BCUT2D eigenvalue weighted by molar-refractivity contribution is -0.120. The second-order valence-electron chi connectivity index (χ2n) is 8.75. The van der Waals surface area contributed by atoms with Crippen LogP contribution in [-0.4, -0.2) is 18.4 Å². The number of aryl methyl sites for hydroxylation is 4. The highest BCUT2D eigenvalue weighted by molar-refractivity contribution is 6.46. The summed E-state index contributed by atoms with van der Waals surface area (Å²) in [6.07, 6.45) is 0.821. The molecular weight excluding hydrogens is 424 g/mol. The zero-order valence-corrected chi connectivity index (χ0v) is 20.4. The molecule has 1 heterocycles. The van der Waals surface area contributed by atoms with Gasteiger partial charge < -0.3 is 10.1 Å². The van der Waals surface area contributed by atoms with Crippen molar-refractivity contribution in [3.8, 4) is 5.75 Å². The molecule has 0 bridgehead atoms. The summed E-state index contributed by atoms with van der Waals surface area (Å²) in [5.41, 5.74) is 6.89. The van der Waals surface area contributed by atoms with Crippen LogP contribution >= 0.6 is 0 Å². The quantitative estimate of drug-likeness (QED) is 0.438. The number of carbonyl (C=O) groups is 2. The van der Waals surface area contributed by atoms with E-state index in [4.69, 9.17) is 4.74 Å². The number of amides is 2. The Bertz CT molecular complexity index is 1310. The fourth-order valence-corrected chi connectivity index (χ4v) is 4.09. The van der Waals surface area contributed by atoms with Gasteiger partial charge in [-0.2, -0.15) is 0 Å². The molecule has 0 saturated carbocycles. The first kappa shape index (κ1) is 23.3. The van der Waals surface area contributed by atoms with E-state index in [1.54, 1.807) is 18.2 Å². The fraction of sp³-hybridized carbons (Fsp3) is 0.241. The minimum absolute atomic E-state index is 0.269. The highest BCUT2D eigenvalue weighted by Crippen LogP contribution is 2.38. The van der Waals surface area contributed by atoms with Crippen molar-refractivity contribution in [2.24, 2.45) is 0 Å². The molecule has 2 amide bonds. The maximum Gasteiger partial charge on any atom is 0.282 e. The molecule has 0 atom stereocenters. The number of anilines is 2. The Morgan fingerprint density at radius 3 is 2.29 bits per heavy atom. The lowest BCUT2D eigenvalue weighted by Gasteiger charge is -2.19. The fourth-order valence-electron chi connectivity index (χ4n) is 4.09. The predicted octanol–water partition coefficient (Wildman–Crippen LogP) is 6.11. The van der Waals surface area contributed by atoms with Crippen LogP contribution in [0.15, 0.2) is 66.4 Å². The highest BCUT2D eigenvalue weighted by Gasteiger charge is 2.41. The van der Waals surface area contributed by atoms with Gasteiger partial charge in [-0.1, -0.05) is 55.0 Å². The summed E-state index contributed by atoms with van der Waals surface area (Å²) < 4.78 is 5.87. The summed E-state index contributed by atoms with van der Waals surface area (Å²) in [4.78, 5) is 28.8. The van der Waals surface area contributed by atoms with E-state index in [2.05, 4.69) is 5.32 Å². The molecule has 0 unspecified atom stereocenters. The number of imide groups is 1. The van der Waals surface area contributed by atoms with Crippen molar-refractivity contribution >= 4 is 28.8 Å². The average Bonchev–Trinajstić information content (AvgIpc) is 3.05. The topological polar surface area (TPSA) is 58.6 Å². The molecule has 5 heteroatoms. The molecule has 5 nitrogen and oxygen atoms in total. The Balaban J connectivity index is 1.85. The molecule has 1 aliphatic heterocycles. The predicted molar refractivity (Wildman–Crippen MR) is 137 cm³/mol. The van der Waals surface area contributed by atoms with Crippen LogP contribution in [0.25, 0.3) is 5.57 Å². The third-order valence-corrected chi connectivity index (χ3v) is 6.09. The number of rotatable bonds is 7. The molecule has 0 aliphatic carbocycles. The number of carbonyl (C=O) groups excluding carboxylic acids is 2. The maximum absolute atomic E-state index is 13.8. The van der Waals surface area contributed by atoms with Crippen LogP contribution in [0.4, 0.5) is 11.4 Å². The second kappa shape index (κ2) is 9.56. The smallest absolute Gasteiger partial charge is 0.282 e. The molecule has 0 radical (unpaired) electrons. The Morgan fingerprint density at radius 1 is 0.824 bits per heavy atom. The molecule has 1 aliphatic rings. The highest BCUT2D eigenvalue weighted by atomic mass is 16.5. The van der Waals surface area contributed by atoms with Crippen molar-refractivity contribution in [1.29, 1.82) is 0 Å². The second-order valence-corrected chi connectivity index (χ2v) is 8.75. The van der Waals surface area contributed by atoms with Gasteiger partial charge in [-0.05, 0) is 74.6 Å². The minimum Gasteiger partial charge on any atom is -0.491 e. The van der Waals surface area contributed by atoms with Gasteiger partial charge in [0.25, 0.3) is 11.8 Å². The third kappa shape index (κ3) is 4.34. The largest absolute Gasteiger partial charge is 0.491 e. The summed E-state index contributed by atoms with van der Waals surface area (Å²) in [5, 5.41) is 3.29. The Morgan fingerprint density at radius 2 is 1.59 bits per heavy atom. The molecule has 1 N–H and O–H groups in total. The van der Waals surface area contributed by atoms with Crippen LogP contribution < -0.4 is 15.0 Å². The average molecular weight is 455 g/mol. The molecular formula is C29H30N2O3. The Kier molecular flexibility index (Phi) is 6.55. The van der Waals surface area contributed by atoms with Crippen LogP contribution in [0, 0.1) is 27.7 Å². The first-order valence-electron chi connectivity index (χ1n) is 11.6. The molecule has 174 valence electrons. The Hall–Kier alpha value is -3.86. The van der Waals surface area contributed by atoms with Crippen molar-refractivity contribution in [1.82, 2.24) is 0 Å². The summed E-state index contributed by atoms with van der Waals surface area (Å²) in [6.45, 7) is 10.5. The first-order chi connectivity index (χ1) is 16.3. The van der Waals surface area contributed by atoms with E-state index < -0.39 is 5.91 Å². The Labute approximate surface area is 201 Å². The van der Waals surface area contributed by atoms with Crippen molar-refractivity contribution in [3.63, 3.8) is 0 Å². The van der Waals surface area contributed by atoms with Gasteiger partial charge >= 0.3 is 0 Å². The van der Waals surface area contributed by atoms with E-state index in [0.717, 1.165) is 34.4 Å². The molecule has 3 aromatic rings. The minimum atomic E-state index is -0.397. The standard InChI is InChI=1S/C29H30N2O3/c1-6-15-34-25-10-8-7-9-24(25)31-28(32)26(22-13-12-19(3)20(4)17-22)27(29(31)33)30-23-14-11-18(2)16-21(23)5/h7-14,16-17,30H,6,15H2,1-5H3. The monoisotopic (exact) mass is 454 g/mol. The molecule has 0 aromatic heterocycles. The number of para-hydroxylation sites is 2. The van der Waals surface area contributed by atoms with Gasteiger partial charge in [0, 0.05) is 5.69 Å². The third-order valence-electron chi connectivity index (χ3n) is 6.09. The van der Waals surface area contributed by atoms with Gasteiger partial charge in [0.2, 0.25) is 0 Å². The molecule has 4 rings (SSSR count). The van der Waals surface area contributed by atoms with Crippen molar-refractivity contribution in [2.45, 2.75) is 41.0 Å². The number of nitrogens with zero attached hydrogens (tertiary/aromatic N) is 1. The van der Waals surface area contributed by atoms with E-state index in [-0.39, 0.29) is 11.6 Å². The van der Waals surface area contributed by atoms with Gasteiger partial charge in [0.15, 0.2) is 0 Å². The van der Waals surface area contributed by atoms with E-state index in [9.17, 15) is 9.59 Å². The number of hydrogen-bond donors (Lipinski definition) is 1. The van der Waals surface area contributed by atoms with Gasteiger partial charge in [0.1, 0.15) is 11.4 Å². The SMILES string of the molecule is CCCOc1ccccc1N1C(=O)C(Nc2ccc(C)cc2C)=C(c2ccc(C)c(C)c2)C1=O. The lowest BCUT2D eigenvalue weighted by atomic mass is 9.99. The van der Waals surface area contributed by atoms with Crippen LogP contribution in [-0.2, 0) is 9.59 Å². The van der Waals surface area contributed by atoms with E-state index >= 15 is 0 Å². The zero-order chi connectivity index (χ0) is 24.4. The van der Waals surface area contributed by atoms with Crippen molar-refractivity contribution in [2.75, 3.05) is 16.8 Å². The summed E-state index contributed by atoms with van der Waals surface area (Å²) >= 11 is 0. The van der Waals surface area contributed by atoms with Gasteiger partial charge in [-0.3, -0.25) is 9.59 Å². The molecule has 0 saturated heterocycles. The molecule has 0 spiro atoms. The number of ether oxygens (including phenoxy) is 1. The maximum atomic E-state index is 13.8. The van der Waals surface area contributed by atoms with Gasteiger partial charge in [0.05, 0.1) is 17.9 Å². The number of hydrogen-bond acceptors (Lipinski definition) is 4. The normalized spacial score (nSPS) is 13.6. The van der Waals surface area contributed by atoms with Crippen LogP contribution in [0.1, 0.15) is 41.2 Å². The number of benzene rings is 3. The van der Waals surface area contributed by atoms with Crippen LogP contribution in [0.3, 0.4) is 0 Å². The summed E-state index contributed by atoms with van der Waals surface area (Å²) in [6, 6.07) is 19.0. The van der Waals surface area contributed by atoms with Gasteiger partial charge in [-0.25, -0.2) is 4.90 Å². The van der Waals surface area contributed by atoms with Crippen LogP contribution in [0.5, 0.6) is 5.75 Å².